The van der Waals surface area contributed by atoms with E-state index < -0.39 is 0 Å². The third kappa shape index (κ3) is 3.67. The van der Waals surface area contributed by atoms with Gasteiger partial charge in [0.15, 0.2) is 0 Å². The van der Waals surface area contributed by atoms with Crippen molar-refractivity contribution in [3.8, 4) is 11.5 Å². The molecule has 0 saturated carbocycles. The second-order valence-corrected chi connectivity index (χ2v) is 6.66. The molecule has 0 saturated heterocycles. The van der Waals surface area contributed by atoms with Gasteiger partial charge in [0.05, 0.1) is 19.8 Å². The monoisotopic (exact) mass is 352 g/mol. The zero-order valence-electron chi connectivity index (χ0n) is 15.6. The molecule has 0 atom stereocenters. The van der Waals surface area contributed by atoms with Crippen LogP contribution in [0, 0.1) is 5.92 Å². The zero-order chi connectivity index (χ0) is 18.7. The molecular weight excluding hydrogens is 328 g/mol. The summed E-state index contributed by atoms with van der Waals surface area (Å²) in [4.78, 5) is 12.7. The maximum atomic E-state index is 12.7. The minimum absolute atomic E-state index is 0.235. The van der Waals surface area contributed by atoms with E-state index in [2.05, 4.69) is 36.0 Å². The summed E-state index contributed by atoms with van der Waals surface area (Å²) in [6, 6.07) is 13.2. The Morgan fingerprint density at radius 2 is 1.88 bits per heavy atom. The van der Waals surface area contributed by atoms with Crippen LogP contribution >= 0.6 is 0 Å². The van der Waals surface area contributed by atoms with Crippen LogP contribution in [0.1, 0.15) is 24.2 Å². The summed E-state index contributed by atoms with van der Waals surface area (Å²) < 4.78 is 12.7. The van der Waals surface area contributed by atoms with E-state index in [1.807, 2.05) is 18.2 Å². The average Bonchev–Trinajstić information content (AvgIpc) is 3.02. The topological polar surface area (TPSA) is 52.5 Å². The Labute approximate surface area is 153 Å². The van der Waals surface area contributed by atoms with E-state index >= 15 is 0 Å². The van der Waals surface area contributed by atoms with Gasteiger partial charge in [0.25, 0.3) is 5.91 Å². The molecule has 0 bridgehead atoms. The summed E-state index contributed by atoms with van der Waals surface area (Å²) in [6.07, 6.45) is 2.08. The van der Waals surface area contributed by atoms with Crippen molar-refractivity contribution in [2.45, 2.75) is 20.4 Å². The highest BCUT2D eigenvalue weighted by Crippen LogP contribution is 2.26. The molecule has 0 radical (unpaired) electrons. The molecule has 1 amide bonds. The van der Waals surface area contributed by atoms with Gasteiger partial charge >= 0.3 is 0 Å². The Balaban J connectivity index is 1.86. The lowest BCUT2D eigenvalue weighted by atomic mass is 10.1. The molecule has 1 aromatic heterocycles. The van der Waals surface area contributed by atoms with Crippen molar-refractivity contribution in [2.75, 3.05) is 19.5 Å². The lowest BCUT2D eigenvalue weighted by molar-refractivity contribution is 0.102. The summed E-state index contributed by atoms with van der Waals surface area (Å²) in [6.45, 7) is 5.36. The van der Waals surface area contributed by atoms with Gasteiger partial charge in [0.2, 0.25) is 0 Å². The summed E-state index contributed by atoms with van der Waals surface area (Å²) in [7, 11) is 3.11. The van der Waals surface area contributed by atoms with E-state index in [0.717, 1.165) is 23.1 Å². The number of carbonyl (C=O) groups excluding carboxylic acids is 1. The van der Waals surface area contributed by atoms with Gasteiger partial charge in [-0.3, -0.25) is 4.79 Å². The van der Waals surface area contributed by atoms with Gasteiger partial charge in [0, 0.05) is 29.3 Å². The number of methoxy groups -OCH3 is 2. The summed E-state index contributed by atoms with van der Waals surface area (Å²) in [5.41, 5.74) is 2.34. The van der Waals surface area contributed by atoms with Crippen molar-refractivity contribution in [1.82, 2.24) is 4.57 Å². The third-order valence-corrected chi connectivity index (χ3v) is 4.24. The number of nitrogens with one attached hydrogen (secondary N) is 1. The highest BCUT2D eigenvalue weighted by molar-refractivity contribution is 6.07. The first-order chi connectivity index (χ1) is 12.5. The van der Waals surface area contributed by atoms with E-state index in [1.54, 1.807) is 32.4 Å². The Morgan fingerprint density at radius 1 is 1.08 bits per heavy atom. The van der Waals surface area contributed by atoms with Crippen LogP contribution < -0.4 is 14.8 Å². The van der Waals surface area contributed by atoms with E-state index in [9.17, 15) is 4.79 Å². The zero-order valence-corrected chi connectivity index (χ0v) is 15.6. The number of rotatable bonds is 6. The Hall–Kier alpha value is -2.95. The average molecular weight is 352 g/mol. The van der Waals surface area contributed by atoms with Crippen molar-refractivity contribution in [3.05, 3.63) is 54.2 Å². The van der Waals surface area contributed by atoms with E-state index in [0.29, 0.717) is 23.0 Å². The van der Waals surface area contributed by atoms with Gasteiger partial charge in [-0.25, -0.2) is 0 Å². The van der Waals surface area contributed by atoms with Crippen LogP contribution in [-0.4, -0.2) is 24.7 Å². The summed E-state index contributed by atoms with van der Waals surface area (Å²) in [5, 5.41) is 4.04. The second kappa shape index (κ2) is 7.52. The maximum Gasteiger partial charge on any atom is 0.259 e. The minimum Gasteiger partial charge on any atom is -0.497 e. The number of nitrogens with zero attached hydrogens (tertiary/aromatic N) is 1. The molecule has 5 heteroatoms. The lowest BCUT2D eigenvalue weighted by Gasteiger charge is -2.12. The fraction of sp³-hybridized carbons (Fsp3) is 0.286. The number of carbonyl (C=O) groups is 1. The van der Waals surface area contributed by atoms with E-state index in [4.69, 9.17) is 9.47 Å². The molecule has 136 valence electrons. The Morgan fingerprint density at radius 3 is 2.58 bits per heavy atom. The maximum absolute atomic E-state index is 12.7. The molecule has 26 heavy (non-hydrogen) atoms. The van der Waals surface area contributed by atoms with Crippen molar-refractivity contribution in [3.63, 3.8) is 0 Å². The SMILES string of the molecule is COc1ccc(OC)c(C(=O)Nc2ccc3c(ccn3CC(C)C)c2)c1. The molecule has 5 nitrogen and oxygen atoms in total. The van der Waals surface area contributed by atoms with Gasteiger partial charge < -0.3 is 19.4 Å². The van der Waals surface area contributed by atoms with Crippen LogP contribution in [0.25, 0.3) is 10.9 Å². The van der Waals surface area contributed by atoms with Gasteiger partial charge in [0.1, 0.15) is 11.5 Å². The first-order valence-corrected chi connectivity index (χ1v) is 8.64. The molecule has 2 aromatic carbocycles. The Bertz CT molecular complexity index is 928. The van der Waals surface area contributed by atoms with Crippen molar-refractivity contribution < 1.29 is 14.3 Å². The van der Waals surface area contributed by atoms with Crippen LogP contribution in [0.15, 0.2) is 48.7 Å². The number of fused-ring (bicyclic) bond motifs is 1. The number of aromatic nitrogens is 1. The molecule has 1 heterocycles. The van der Waals surface area contributed by atoms with E-state index in [1.165, 1.54) is 0 Å². The first-order valence-electron chi connectivity index (χ1n) is 8.64. The van der Waals surface area contributed by atoms with Crippen LogP contribution in [0.4, 0.5) is 5.69 Å². The normalized spacial score (nSPS) is 11.0. The quantitative estimate of drug-likeness (QED) is 0.707. The minimum atomic E-state index is -0.235. The third-order valence-electron chi connectivity index (χ3n) is 4.24. The van der Waals surface area contributed by atoms with Crippen molar-refractivity contribution >= 4 is 22.5 Å². The molecule has 1 N–H and O–H groups in total. The number of amides is 1. The number of benzene rings is 2. The van der Waals surface area contributed by atoms with Crippen LogP contribution in [-0.2, 0) is 6.54 Å². The highest BCUT2D eigenvalue weighted by atomic mass is 16.5. The predicted octanol–water partition coefficient (Wildman–Crippen LogP) is 4.57. The van der Waals surface area contributed by atoms with Gasteiger partial charge in [-0.15, -0.1) is 0 Å². The molecular formula is C21H24N2O3. The molecule has 0 aliphatic heterocycles. The molecule has 0 aliphatic carbocycles. The van der Waals surface area contributed by atoms with Crippen LogP contribution in [0.2, 0.25) is 0 Å². The van der Waals surface area contributed by atoms with Crippen LogP contribution in [0.3, 0.4) is 0 Å². The largest absolute Gasteiger partial charge is 0.497 e. The van der Waals surface area contributed by atoms with Crippen molar-refractivity contribution in [2.24, 2.45) is 5.92 Å². The lowest BCUT2D eigenvalue weighted by Crippen LogP contribution is -2.13. The molecule has 0 aliphatic rings. The van der Waals surface area contributed by atoms with E-state index in [-0.39, 0.29) is 5.91 Å². The highest BCUT2D eigenvalue weighted by Gasteiger charge is 2.14. The molecule has 0 unspecified atom stereocenters. The smallest absolute Gasteiger partial charge is 0.259 e. The molecule has 3 aromatic rings. The number of hydrogen-bond acceptors (Lipinski definition) is 3. The molecule has 0 spiro atoms. The number of hydrogen-bond donors (Lipinski definition) is 1. The predicted molar refractivity (Wildman–Crippen MR) is 104 cm³/mol. The summed E-state index contributed by atoms with van der Waals surface area (Å²) in [5.74, 6) is 1.46. The fourth-order valence-corrected chi connectivity index (χ4v) is 3.02. The first kappa shape index (κ1) is 17.9. The van der Waals surface area contributed by atoms with Crippen molar-refractivity contribution in [1.29, 1.82) is 0 Å². The summed E-state index contributed by atoms with van der Waals surface area (Å²) >= 11 is 0. The standard InChI is InChI=1S/C21H24N2O3/c1-14(2)13-23-10-9-15-11-16(5-7-19(15)23)22-21(24)18-12-17(25-3)6-8-20(18)26-4/h5-12,14H,13H2,1-4H3,(H,22,24). The fourth-order valence-electron chi connectivity index (χ4n) is 3.02. The van der Waals surface area contributed by atoms with Gasteiger partial charge in [-0.1, -0.05) is 13.8 Å². The number of anilines is 1. The van der Waals surface area contributed by atoms with Crippen LogP contribution in [0.5, 0.6) is 11.5 Å². The second-order valence-electron chi connectivity index (χ2n) is 6.66. The van der Waals surface area contributed by atoms with Gasteiger partial charge in [-0.05, 0) is 48.4 Å². The number of ether oxygens (including phenoxy) is 2. The Kier molecular flexibility index (Phi) is 5.16. The molecule has 0 fully saturated rings. The van der Waals surface area contributed by atoms with Gasteiger partial charge in [-0.2, -0.15) is 0 Å². The molecule has 3 rings (SSSR count).